The molecule has 1 aliphatic heterocycles. The van der Waals surface area contributed by atoms with E-state index < -0.39 is 0 Å². The van der Waals surface area contributed by atoms with Crippen molar-refractivity contribution < 1.29 is 9.53 Å². The van der Waals surface area contributed by atoms with Crippen LogP contribution in [0.4, 0.5) is 5.69 Å². The molecule has 1 fully saturated rings. The van der Waals surface area contributed by atoms with Crippen molar-refractivity contribution in [1.29, 1.82) is 0 Å². The Morgan fingerprint density at radius 3 is 2.89 bits per heavy atom. The molecule has 0 spiro atoms. The van der Waals surface area contributed by atoms with E-state index in [0.29, 0.717) is 5.92 Å². The molecule has 0 aliphatic carbocycles. The molecule has 0 saturated carbocycles. The summed E-state index contributed by atoms with van der Waals surface area (Å²) in [5.41, 5.74) is 1.63. The van der Waals surface area contributed by atoms with Gasteiger partial charge in [0.1, 0.15) is 0 Å². The van der Waals surface area contributed by atoms with Gasteiger partial charge in [0.15, 0.2) is 0 Å². The van der Waals surface area contributed by atoms with Crippen molar-refractivity contribution in [2.45, 2.75) is 39.7 Å². The summed E-state index contributed by atoms with van der Waals surface area (Å²) in [6.45, 7) is 6.86. The first kappa shape index (κ1) is 14.1. The summed E-state index contributed by atoms with van der Waals surface area (Å²) < 4.78 is 7.48. The number of nitrogens with zero attached hydrogens (tertiary/aromatic N) is 2. The molecule has 19 heavy (non-hydrogen) atoms. The van der Waals surface area contributed by atoms with Gasteiger partial charge >= 0.3 is 0 Å². The van der Waals surface area contributed by atoms with Crippen molar-refractivity contribution in [3.8, 4) is 0 Å². The van der Waals surface area contributed by atoms with Crippen molar-refractivity contribution in [3.63, 3.8) is 0 Å². The summed E-state index contributed by atoms with van der Waals surface area (Å²) >= 11 is 0. The van der Waals surface area contributed by atoms with Gasteiger partial charge in [-0.3, -0.25) is 9.48 Å². The largest absolute Gasteiger partial charge is 0.377 e. The van der Waals surface area contributed by atoms with Crippen LogP contribution >= 0.6 is 0 Å². The SMILES string of the molecule is Cc1nn(C)cc1NC(=O)C1CCCOC1C(C)C. The lowest BCUT2D eigenvalue weighted by Gasteiger charge is -2.33. The Balaban J connectivity index is 2.07. The van der Waals surface area contributed by atoms with Gasteiger partial charge in [-0.2, -0.15) is 5.10 Å². The maximum atomic E-state index is 12.4. The van der Waals surface area contributed by atoms with E-state index in [4.69, 9.17) is 4.74 Å². The molecule has 1 saturated heterocycles. The molecule has 2 unspecified atom stereocenters. The average Bonchev–Trinajstić information content (AvgIpc) is 2.67. The second-order valence-electron chi connectivity index (χ2n) is 5.62. The zero-order chi connectivity index (χ0) is 14.0. The van der Waals surface area contributed by atoms with Crippen molar-refractivity contribution in [2.24, 2.45) is 18.9 Å². The molecule has 1 aromatic rings. The van der Waals surface area contributed by atoms with Crippen LogP contribution < -0.4 is 5.32 Å². The number of rotatable bonds is 3. The molecule has 1 N–H and O–H groups in total. The summed E-state index contributed by atoms with van der Waals surface area (Å²) in [4.78, 5) is 12.4. The van der Waals surface area contributed by atoms with Crippen LogP contribution in [-0.4, -0.2) is 28.4 Å². The Morgan fingerprint density at radius 1 is 1.58 bits per heavy atom. The Morgan fingerprint density at radius 2 is 2.32 bits per heavy atom. The fourth-order valence-electron chi connectivity index (χ4n) is 2.69. The van der Waals surface area contributed by atoms with Crippen molar-refractivity contribution >= 4 is 11.6 Å². The highest BCUT2D eigenvalue weighted by atomic mass is 16.5. The molecule has 106 valence electrons. The number of carbonyl (C=O) groups is 1. The molecule has 2 heterocycles. The number of amides is 1. The maximum Gasteiger partial charge on any atom is 0.230 e. The number of aromatic nitrogens is 2. The third-order valence-corrected chi connectivity index (χ3v) is 3.63. The number of hydrogen-bond acceptors (Lipinski definition) is 3. The Kier molecular flexibility index (Phi) is 4.24. The highest BCUT2D eigenvalue weighted by molar-refractivity contribution is 5.93. The third kappa shape index (κ3) is 3.15. The van der Waals surface area contributed by atoms with Crippen molar-refractivity contribution in [2.75, 3.05) is 11.9 Å². The molecule has 2 rings (SSSR count). The summed E-state index contributed by atoms with van der Waals surface area (Å²) in [7, 11) is 1.85. The van der Waals surface area contributed by atoms with Crippen LogP contribution in [0.25, 0.3) is 0 Å². The smallest absolute Gasteiger partial charge is 0.230 e. The maximum absolute atomic E-state index is 12.4. The number of carbonyl (C=O) groups excluding carboxylic acids is 1. The first-order valence-electron chi connectivity index (χ1n) is 6.91. The minimum atomic E-state index is -0.0617. The molecule has 0 bridgehead atoms. The van der Waals surface area contributed by atoms with Crippen LogP contribution in [0.15, 0.2) is 6.20 Å². The lowest BCUT2D eigenvalue weighted by atomic mass is 9.87. The fraction of sp³-hybridized carbons (Fsp3) is 0.714. The standard InChI is InChI=1S/C14H23N3O2/c1-9(2)13-11(6-5-7-19-13)14(18)15-12-8-17(4)16-10(12)3/h8-9,11,13H,5-7H2,1-4H3,(H,15,18). The van der Waals surface area contributed by atoms with Crippen LogP contribution in [0, 0.1) is 18.8 Å². The molecule has 0 aromatic carbocycles. The normalized spacial score (nSPS) is 23.6. The predicted octanol–water partition coefficient (Wildman–Crippen LogP) is 2.12. The Labute approximate surface area is 114 Å². The van der Waals surface area contributed by atoms with E-state index in [9.17, 15) is 4.79 Å². The van der Waals surface area contributed by atoms with Gasteiger partial charge in [-0.25, -0.2) is 0 Å². The Bertz CT molecular complexity index is 454. The Hall–Kier alpha value is -1.36. The van der Waals surface area contributed by atoms with Gasteiger partial charge in [0, 0.05) is 19.9 Å². The van der Waals surface area contributed by atoms with Crippen LogP contribution in [0.5, 0.6) is 0 Å². The number of nitrogens with one attached hydrogen (secondary N) is 1. The molecular weight excluding hydrogens is 242 g/mol. The van der Waals surface area contributed by atoms with Gasteiger partial charge in [-0.15, -0.1) is 0 Å². The van der Waals surface area contributed by atoms with Crippen LogP contribution in [0.2, 0.25) is 0 Å². The molecular formula is C14H23N3O2. The number of ether oxygens (including phenoxy) is 1. The van der Waals surface area contributed by atoms with Gasteiger partial charge in [0.25, 0.3) is 0 Å². The second kappa shape index (κ2) is 5.74. The van der Waals surface area contributed by atoms with Crippen molar-refractivity contribution in [3.05, 3.63) is 11.9 Å². The third-order valence-electron chi connectivity index (χ3n) is 3.63. The average molecular weight is 265 g/mol. The van der Waals surface area contributed by atoms with Crippen LogP contribution in [0.1, 0.15) is 32.4 Å². The number of aryl methyl sites for hydroxylation is 2. The van der Waals surface area contributed by atoms with E-state index in [1.807, 2.05) is 20.2 Å². The second-order valence-corrected chi connectivity index (χ2v) is 5.62. The molecule has 2 atom stereocenters. The van der Waals surface area contributed by atoms with Crippen molar-refractivity contribution in [1.82, 2.24) is 9.78 Å². The highest BCUT2D eigenvalue weighted by Crippen LogP contribution is 2.27. The quantitative estimate of drug-likeness (QED) is 0.910. The topological polar surface area (TPSA) is 56.2 Å². The molecule has 1 aliphatic rings. The van der Waals surface area contributed by atoms with E-state index in [0.717, 1.165) is 30.8 Å². The van der Waals surface area contributed by atoms with Gasteiger partial charge in [-0.05, 0) is 25.7 Å². The van der Waals surface area contributed by atoms with E-state index in [1.54, 1.807) is 4.68 Å². The molecule has 1 amide bonds. The lowest BCUT2D eigenvalue weighted by Crippen LogP contribution is -2.41. The monoisotopic (exact) mass is 265 g/mol. The minimum absolute atomic E-state index is 0.0192. The van der Waals surface area contributed by atoms with Gasteiger partial charge < -0.3 is 10.1 Å². The molecule has 5 heteroatoms. The van der Waals surface area contributed by atoms with Crippen LogP contribution in [-0.2, 0) is 16.6 Å². The fourth-order valence-corrected chi connectivity index (χ4v) is 2.69. The number of hydrogen-bond donors (Lipinski definition) is 1. The molecule has 1 aromatic heterocycles. The van der Waals surface area contributed by atoms with Gasteiger partial charge in [-0.1, -0.05) is 13.8 Å². The lowest BCUT2D eigenvalue weighted by molar-refractivity contribution is -0.131. The predicted molar refractivity (Wildman–Crippen MR) is 73.9 cm³/mol. The molecule has 5 nitrogen and oxygen atoms in total. The summed E-state index contributed by atoms with van der Waals surface area (Å²) in [6, 6.07) is 0. The van der Waals surface area contributed by atoms with Gasteiger partial charge in [0.2, 0.25) is 5.91 Å². The van der Waals surface area contributed by atoms with E-state index >= 15 is 0 Å². The number of anilines is 1. The minimum Gasteiger partial charge on any atom is -0.377 e. The van der Waals surface area contributed by atoms with Gasteiger partial charge in [0.05, 0.1) is 23.4 Å². The first-order valence-corrected chi connectivity index (χ1v) is 6.91. The van der Waals surface area contributed by atoms with E-state index in [2.05, 4.69) is 24.3 Å². The zero-order valence-electron chi connectivity index (χ0n) is 12.1. The summed E-state index contributed by atoms with van der Waals surface area (Å²) in [5.74, 6) is 0.342. The zero-order valence-corrected chi connectivity index (χ0v) is 12.1. The highest BCUT2D eigenvalue weighted by Gasteiger charge is 2.34. The first-order chi connectivity index (χ1) is 8.99. The van der Waals surface area contributed by atoms with Crippen LogP contribution in [0.3, 0.4) is 0 Å². The van der Waals surface area contributed by atoms with E-state index in [1.165, 1.54) is 0 Å². The summed E-state index contributed by atoms with van der Waals surface area (Å²) in [6.07, 6.45) is 3.70. The van der Waals surface area contributed by atoms with E-state index in [-0.39, 0.29) is 17.9 Å². The molecule has 0 radical (unpaired) electrons. The summed E-state index contributed by atoms with van der Waals surface area (Å²) in [5, 5.41) is 7.22.